The van der Waals surface area contributed by atoms with Gasteiger partial charge in [-0.05, 0) is 24.5 Å². The molecule has 0 saturated carbocycles. The van der Waals surface area contributed by atoms with Crippen LogP contribution in [-0.4, -0.2) is 51.9 Å². The van der Waals surface area contributed by atoms with Crippen molar-refractivity contribution in [1.29, 1.82) is 0 Å². The minimum absolute atomic E-state index is 0.0575. The van der Waals surface area contributed by atoms with Crippen LogP contribution < -0.4 is 5.32 Å². The van der Waals surface area contributed by atoms with E-state index in [-0.39, 0.29) is 30.1 Å². The number of aromatic nitrogens is 1. The molecule has 7 heteroatoms. The first-order valence-corrected chi connectivity index (χ1v) is 9.73. The molecule has 1 aromatic carbocycles. The van der Waals surface area contributed by atoms with Gasteiger partial charge < -0.3 is 20.3 Å². The molecule has 28 heavy (non-hydrogen) atoms. The maximum atomic E-state index is 12.6. The van der Waals surface area contributed by atoms with Crippen LogP contribution in [0.3, 0.4) is 0 Å². The molecule has 2 amide bonds. The van der Waals surface area contributed by atoms with Crippen molar-refractivity contribution in [2.45, 2.75) is 39.2 Å². The molecule has 0 aliphatic carbocycles. The number of fused-ring (bicyclic) bond motifs is 1. The smallest absolute Gasteiger partial charge is 0.326 e. The van der Waals surface area contributed by atoms with E-state index in [4.69, 9.17) is 0 Å². The molecule has 150 valence electrons. The van der Waals surface area contributed by atoms with E-state index < -0.39 is 12.0 Å². The summed E-state index contributed by atoms with van der Waals surface area (Å²) >= 11 is 0. The zero-order valence-electron chi connectivity index (χ0n) is 16.3. The number of nitrogens with one attached hydrogen (secondary N) is 2. The third-order valence-electron chi connectivity index (χ3n) is 5.38. The number of carbonyl (C=O) groups excluding carboxylic acids is 2. The monoisotopic (exact) mass is 385 g/mol. The van der Waals surface area contributed by atoms with Crippen molar-refractivity contribution in [2.24, 2.45) is 11.8 Å². The van der Waals surface area contributed by atoms with E-state index in [1.807, 2.05) is 38.1 Å². The van der Waals surface area contributed by atoms with Gasteiger partial charge in [-0.1, -0.05) is 32.0 Å². The molecule has 0 spiro atoms. The Balaban J connectivity index is 1.61. The average molecular weight is 385 g/mol. The SMILES string of the molecule is CC(C)C(=O)N1CCC(C(=O)NC(Cc2c[nH]c3ccccc23)C(=O)O)CC1. The molecule has 2 aromatic rings. The molecule has 1 fully saturated rings. The van der Waals surface area contributed by atoms with Crippen molar-refractivity contribution in [2.75, 3.05) is 13.1 Å². The van der Waals surface area contributed by atoms with Crippen molar-refractivity contribution in [3.05, 3.63) is 36.0 Å². The molecule has 2 heterocycles. The second kappa shape index (κ2) is 8.46. The van der Waals surface area contributed by atoms with Crippen molar-refractivity contribution in [3.63, 3.8) is 0 Å². The lowest BCUT2D eigenvalue weighted by atomic mass is 9.94. The van der Waals surface area contributed by atoms with Crippen LogP contribution in [0.1, 0.15) is 32.3 Å². The minimum Gasteiger partial charge on any atom is -0.480 e. The fraction of sp³-hybridized carbons (Fsp3) is 0.476. The summed E-state index contributed by atoms with van der Waals surface area (Å²) in [6, 6.07) is 6.69. The molecule has 1 aliphatic rings. The van der Waals surface area contributed by atoms with Crippen LogP contribution in [0.4, 0.5) is 0 Å². The van der Waals surface area contributed by atoms with Gasteiger partial charge in [-0.3, -0.25) is 9.59 Å². The van der Waals surface area contributed by atoms with Gasteiger partial charge in [-0.25, -0.2) is 4.79 Å². The lowest BCUT2D eigenvalue weighted by molar-refractivity contribution is -0.143. The first-order chi connectivity index (χ1) is 13.4. The van der Waals surface area contributed by atoms with E-state index >= 15 is 0 Å². The van der Waals surface area contributed by atoms with Gasteiger partial charge in [0.1, 0.15) is 6.04 Å². The number of nitrogens with zero attached hydrogens (tertiary/aromatic N) is 1. The summed E-state index contributed by atoms with van der Waals surface area (Å²) in [5, 5.41) is 13.3. The lowest BCUT2D eigenvalue weighted by Gasteiger charge is -2.32. The number of carboxylic acid groups (broad SMARTS) is 1. The molecular weight excluding hydrogens is 358 g/mol. The predicted octanol–water partition coefficient (Wildman–Crippen LogP) is 2.17. The molecule has 0 bridgehead atoms. The highest BCUT2D eigenvalue weighted by Gasteiger charge is 2.31. The Labute approximate surface area is 164 Å². The van der Waals surface area contributed by atoms with E-state index in [0.29, 0.717) is 25.9 Å². The van der Waals surface area contributed by atoms with Gasteiger partial charge in [0.15, 0.2) is 0 Å². The molecule has 3 rings (SSSR count). The second-order valence-corrected chi connectivity index (χ2v) is 7.72. The fourth-order valence-corrected chi connectivity index (χ4v) is 3.74. The molecule has 1 aliphatic heterocycles. The summed E-state index contributed by atoms with van der Waals surface area (Å²) < 4.78 is 0. The normalized spacial score (nSPS) is 16.3. The van der Waals surface area contributed by atoms with Crippen LogP contribution in [0, 0.1) is 11.8 Å². The number of H-pyrrole nitrogens is 1. The van der Waals surface area contributed by atoms with E-state index in [1.54, 1.807) is 11.1 Å². The number of rotatable bonds is 6. The summed E-state index contributed by atoms with van der Waals surface area (Å²) in [5.74, 6) is -1.52. The first kappa shape index (κ1) is 19.9. The topological polar surface area (TPSA) is 103 Å². The quantitative estimate of drug-likeness (QED) is 0.709. The van der Waals surface area contributed by atoms with E-state index in [9.17, 15) is 19.5 Å². The van der Waals surface area contributed by atoms with E-state index in [2.05, 4.69) is 10.3 Å². The highest BCUT2D eigenvalue weighted by atomic mass is 16.4. The Hall–Kier alpha value is -2.83. The van der Waals surface area contributed by atoms with Crippen LogP contribution in [0.5, 0.6) is 0 Å². The number of amides is 2. The fourth-order valence-electron chi connectivity index (χ4n) is 3.74. The summed E-state index contributed by atoms with van der Waals surface area (Å²) in [7, 11) is 0. The Kier molecular flexibility index (Phi) is 6.02. The summed E-state index contributed by atoms with van der Waals surface area (Å²) in [6.07, 6.45) is 3.13. The number of carboxylic acids is 1. The lowest BCUT2D eigenvalue weighted by Crippen LogP contribution is -2.48. The summed E-state index contributed by atoms with van der Waals surface area (Å²) in [4.78, 5) is 41.3. The Bertz CT molecular complexity index is 865. The number of benzene rings is 1. The van der Waals surface area contributed by atoms with Crippen LogP contribution in [0.15, 0.2) is 30.5 Å². The van der Waals surface area contributed by atoms with Gasteiger partial charge in [0.05, 0.1) is 0 Å². The molecule has 1 unspecified atom stereocenters. The van der Waals surface area contributed by atoms with Gasteiger partial charge in [-0.2, -0.15) is 0 Å². The Morgan fingerprint density at radius 1 is 1.21 bits per heavy atom. The Morgan fingerprint density at radius 3 is 2.54 bits per heavy atom. The zero-order chi connectivity index (χ0) is 20.3. The second-order valence-electron chi connectivity index (χ2n) is 7.72. The maximum Gasteiger partial charge on any atom is 0.326 e. The molecule has 1 atom stereocenters. The first-order valence-electron chi connectivity index (χ1n) is 9.73. The zero-order valence-corrected chi connectivity index (χ0v) is 16.3. The van der Waals surface area contributed by atoms with Crippen LogP contribution in [0.2, 0.25) is 0 Å². The van der Waals surface area contributed by atoms with Crippen molar-refractivity contribution < 1.29 is 19.5 Å². The third kappa shape index (κ3) is 4.35. The van der Waals surface area contributed by atoms with E-state index in [1.165, 1.54) is 0 Å². The van der Waals surface area contributed by atoms with Crippen molar-refractivity contribution >= 4 is 28.7 Å². The van der Waals surface area contributed by atoms with Crippen molar-refractivity contribution in [3.8, 4) is 0 Å². The highest BCUT2D eigenvalue weighted by molar-refractivity contribution is 5.87. The number of para-hydroxylation sites is 1. The van der Waals surface area contributed by atoms with Gasteiger partial charge in [0, 0.05) is 48.4 Å². The third-order valence-corrected chi connectivity index (χ3v) is 5.38. The molecule has 3 N–H and O–H groups in total. The van der Waals surface area contributed by atoms with E-state index in [0.717, 1.165) is 16.5 Å². The molecule has 7 nitrogen and oxygen atoms in total. The van der Waals surface area contributed by atoms with Gasteiger partial charge in [0.2, 0.25) is 11.8 Å². The van der Waals surface area contributed by atoms with Crippen LogP contribution in [0.25, 0.3) is 10.9 Å². The number of aromatic amines is 1. The number of hydrogen-bond donors (Lipinski definition) is 3. The van der Waals surface area contributed by atoms with Crippen LogP contribution >= 0.6 is 0 Å². The molecule has 1 saturated heterocycles. The standard InChI is InChI=1S/C21H27N3O4/c1-13(2)20(26)24-9-7-14(8-10-24)19(25)23-18(21(27)28)11-15-12-22-17-6-4-3-5-16(15)17/h3-6,12-14,18,22H,7-11H2,1-2H3,(H,23,25)(H,27,28). The van der Waals surface area contributed by atoms with Gasteiger partial charge >= 0.3 is 5.97 Å². The molecule has 1 aromatic heterocycles. The molecular formula is C21H27N3O4. The average Bonchev–Trinajstić information content (AvgIpc) is 3.09. The largest absolute Gasteiger partial charge is 0.480 e. The number of likely N-dealkylation sites (tertiary alicyclic amines) is 1. The maximum absolute atomic E-state index is 12.6. The summed E-state index contributed by atoms with van der Waals surface area (Å²) in [6.45, 7) is 4.80. The van der Waals surface area contributed by atoms with Crippen LogP contribution in [-0.2, 0) is 20.8 Å². The number of hydrogen-bond acceptors (Lipinski definition) is 3. The predicted molar refractivity (Wildman–Crippen MR) is 106 cm³/mol. The number of aliphatic carboxylic acids is 1. The van der Waals surface area contributed by atoms with Gasteiger partial charge in [-0.15, -0.1) is 0 Å². The highest BCUT2D eigenvalue weighted by Crippen LogP contribution is 2.21. The number of piperidine rings is 1. The minimum atomic E-state index is -1.05. The number of carbonyl (C=O) groups is 3. The van der Waals surface area contributed by atoms with Crippen molar-refractivity contribution in [1.82, 2.24) is 15.2 Å². The van der Waals surface area contributed by atoms with Gasteiger partial charge in [0.25, 0.3) is 0 Å². The molecule has 0 radical (unpaired) electrons. The summed E-state index contributed by atoms with van der Waals surface area (Å²) in [5.41, 5.74) is 1.80. The Morgan fingerprint density at radius 2 is 1.89 bits per heavy atom.